The molecular weight excluding hydrogens is 430 g/mol. The van der Waals surface area contributed by atoms with Crippen molar-refractivity contribution < 1.29 is 14.1 Å². The van der Waals surface area contributed by atoms with Crippen LogP contribution in [0.5, 0.6) is 0 Å². The summed E-state index contributed by atoms with van der Waals surface area (Å²) < 4.78 is 5.35. The number of rotatable bonds is 7. The molecule has 4 aromatic rings. The number of para-hydroxylation sites is 1. The molecule has 8 nitrogen and oxygen atoms in total. The highest BCUT2D eigenvalue weighted by atomic mass is 32.2. The molecule has 9 heteroatoms. The Morgan fingerprint density at radius 3 is 2.62 bits per heavy atom. The van der Waals surface area contributed by atoms with Gasteiger partial charge in [-0.1, -0.05) is 30.3 Å². The number of nitrogens with zero attached hydrogens (tertiary/aromatic N) is 2. The SMILES string of the molecule is O=C(CSCc1ccc([N+](=O)[O-])cc1)Nc1cccc(-c2nc3ccccc3c(=O)o2)c1. The van der Waals surface area contributed by atoms with E-state index in [0.717, 1.165) is 5.56 Å². The van der Waals surface area contributed by atoms with Crippen molar-refractivity contribution in [3.8, 4) is 11.5 Å². The Labute approximate surface area is 186 Å². The smallest absolute Gasteiger partial charge is 0.347 e. The highest BCUT2D eigenvalue weighted by Crippen LogP contribution is 2.22. The number of aromatic nitrogens is 1. The monoisotopic (exact) mass is 447 g/mol. The maximum absolute atomic E-state index is 12.3. The van der Waals surface area contributed by atoms with E-state index in [4.69, 9.17) is 4.42 Å². The Kier molecular flexibility index (Phi) is 6.27. The van der Waals surface area contributed by atoms with Crippen LogP contribution in [0.3, 0.4) is 0 Å². The highest BCUT2D eigenvalue weighted by molar-refractivity contribution is 7.99. The second-order valence-corrected chi connectivity index (χ2v) is 7.85. The molecule has 3 aromatic carbocycles. The number of nitrogens with one attached hydrogen (secondary N) is 1. The minimum atomic E-state index is -0.470. The van der Waals surface area contributed by atoms with Crippen LogP contribution in [-0.4, -0.2) is 21.6 Å². The van der Waals surface area contributed by atoms with E-state index in [-0.39, 0.29) is 23.2 Å². The lowest BCUT2D eigenvalue weighted by Crippen LogP contribution is -2.14. The summed E-state index contributed by atoms with van der Waals surface area (Å²) in [5.41, 5.74) is 2.13. The molecule has 4 rings (SSSR count). The summed E-state index contributed by atoms with van der Waals surface area (Å²) in [6.45, 7) is 0. The molecule has 160 valence electrons. The molecule has 0 aliphatic rings. The number of amides is 1. The van der Waals surface area contributed by atoms with Gasteiger partial charge in [0.25, 0.3) is 5.69 Å². The largest absolute Gasteiger partial charge is 0.403 e. The van der Waals surface area contributed by atoms with Gasteiger partial charge in [-0.2, -0.15) is 0 Å². The van der Waals surface area contributed by atoms with Crippen LogP contribution in [-0.2, 0) is 10.5 Å². The third kappa shape index (κ3) is 5.01. The minimum Gasteiger partial charge on any atom is -0.403 e. The number of anilines is 1. The number of nitro benzene ring substituents is 1. The topological polar surface area (TPSA) is 115 Å². The molecule has 0 aliphatic heterocycles. The van der Waals surface area contributed by atoms with E-state index in [2.05, 4.69) is 10.3 Å². The Hall–Kier alpha value is -3.98. The van der Waals surface area contributed by atoms with Crippen molar-refractivity contribution >= 4 is 39.9 Å². The van der Waals surface area contributed by atoms with Crippen LogP contribution in [0.4, 0.5) is 11.4 Å². The molecule has 1 heterocycles. The predicted molar refractivity (Wildman–Crippen MR) is 124 cm³/mol. The Morgan fingerprint density at radius 2 is 1.84 bits per heavy atom. The predicted octanol–water partition coefficient (Wildman–Crippen LogP) is 4.64. The van der Waals surface area contributed by atoms with Crippen LogP contribution in [0.1, 0.15) is 5.56 Å². The standard InChI is InChI=1S/C23H17N3O5S/c27-21(14-32-13-15-8-10-18(11-9-15)26(29)30)24-17-5-3-4-16(12-17)22-25-20-7-2-1-6-19(20)23(28)31-22/h1-12H,13-14H2,(H,24,27). The average Bonchev–Trinajstić information content (AvgIpc) is 2.79. The minimum absolute atomic E-state index is 0.0353. The van der Waals surface area contributed by atoms with Crippen LogP contribution in [0.25, 0.3) is 22.4 Å². The number of benzene rings is 3. The summed E-state index contributed by atoms with van der Waals surface area (Å²) in [5, 5.41) is 13.9. The van der Waals surface area contributed by atoms with Gasteiger partial charge in [0.2, 0.25) is 11.8 Å². The summed E-state index contributed by atoms with van der Waals surface area (Å²) in [7, 11) is 0. The third-order valence-electron chi connectivity index (χ3n) is 4.58. The van der Waals surface area contributed by atoms with Crippen LogP contribution < -0.4 is 10.9 Å². The molecular formula is C23H17N3O5S. The first kappa shape index (κ1) is 21.3. The Balaban J connectivity index is 1.39. The average molecular weight is 447 g/mol. The zero-order valence-electron chi connectivity index (χ0n) is 16.7. The maximum Gasteiger partial charge on any atom is 0.347 e. The lowest BCUT2D eigenvalue weighted by molar-refractivity contribution is -0.384. The summed E-state index contributed by atoms with van der Waals surface area (Å²) in [4.78, 5) is 39.2. The van der Waals surface area contributed by atoms with Crippen LogP contribution >= 0.6 is 11.8 Å². The zero-order valence-corrected chi connectivity index (χ0v) is 17.5. The van der Waals surface area contributed by atoms with Crippen molar-refractivity contribution in [1.82, 2.24) is 4.98 Å². The first-order valence-electron chi connectivity index (χ1n) is 9.61. The van der Waals surface area contributed by atoms with Gasteiger partial charge in [0, 0.05) is 29.1 Å². The summed E-state index contributed by atoms with van der Waals surface area (Å²) >= 11 is 1.40. The number of nitro groups is 1. The molecule has 0 spiro atoms. The summed E-state index contributed by atoms with van der Waals surface area (Å²) in [5.74, 6) is 0.752. The number of hydrogen-bond donors (Lipinski definition) is 1. The van der Waals surface area contributed by atoms with Gasteiger partial charge in [0.15, 0.2) is 0 Å². The normalized spacial score (nSPS) is 10.8. The fourth-order valence-corrected chi connectivity index (χ4v) is 3.83. The maximum atomic E-state index is 12.3. The molecule has 1 amide bonds. The first-order chi connectivity index (χ1) is 15.5. The van der Waals surface area contributed by atoms with E-state index in [0.29, 0.717) is 27.9 Å². The van der Waals surface area contributed by atoms with Gasteiger partial charge in [-0.25, -0.2) is 9.78 Å². The van der Waals surface area contributed by atoms with E-state index in [9.17, 15) is 19.7 Å². The lowest BCUT2D eigenvalue weighted by Gasteiger charge is -2.07. The molecule has 0 fully saturated rings. The molecule has 0 atom stereocenters. The molecule has 32 heavy (non-hydrogen) atoms. The first-order valence-corrected chi connectivity index (χ1v) is 10.8. The number of fused-ring (bicyclic) bond motifs is 1. The van der Waals surface area contributed by atoms with Gasteiger partial charge in [-0.15, -0.1) is 11.8 Å². The van der Waals surface area contributed by atoms with Gasteiger partial charge in [-0.05, 0) is 35.9 Å². The number of non-ortho nitro benzene ring substituents is 1. The molecule has 1 N–H and O–H groups in total. The Morgan fingerprint density at radius 1 is 1.06 bits per heavy atom. The Bertz CT molecular complexity index is 1350. The van der Waals surface area contributed by atoms with Gasteiger partial charge in [0.1, 0.15) is 0 Å². The zero-order chi connectivity index (χ0) is 22.5. The summed E-state index contributed by atoms with van der Waals surface area (Å²) in [6, 6.07) is 20.1. The van der Waals surface area contributed by atoms with E-state index in [1.165, 1.54) is 23.9 Å². The van der Waals surface area contributed by atoms with Gasteiger partial charge in [-0.3, -0.25) is 14.9 Å². The molecule has 1 aromatic heterocycles. The van der Waals surface area contributed by atoms with Crippen LogP contribution in [0, 0.1) is 10.1 Å². The summed E-state index contributed by atoms with van der Waals surface area (Å²) in [6.07, 6.45) is 0. The molecule has 0 aliphatic carbocycles. The fraction of sp³-hybridized carbons (Fsp3) is 0.0870. The van der Waals surface area contributed by atoms with E-state index in [1.807, 2.05) is 0 Å². The van der Waals surface area contributed by atoms with Crippen LogP contribution in [0.15, 0.2) is 82.0 Å². The highest BCUT2D eigenvalue weighted by Gasteiger charge is 2.10. The molecule has 0 unspecified atom stereocenters. The second kappa shape index (κ2) is 9.44. The van der Waals surface area contributed by atoms with Crippen molar-refractivity contribution in [3.63, 3.8) is 0 Å². The van der Waals surface area contributed by atoms with Gasteiger partial charge in [0.05, 0.1) is 21.6 Å². The van der Waals surface area contributed by atoms with Crippen molar-refractivity contribution in [2.75, 3.05) is 11.1 Å². The van der Waals surface area contributed by atoms with E-state index in [1.54, 1.807) is 60.7 Å². The van der Waals surface area contributed by atoms with E-state index >= 15 is 0 Å². The van der Waals surface area contributed by atoms with Gasteiger partial charge < -0.3 is 9.73 Å². The second-order valence-electron chi connectivity index (χ2n) is 6.87. The quantitative estimate of drug-likeness (QED) is 0.324. The number of carbonyl (C=O) groups is 1. The fourth-order valence-electron chi connectivity index (χ4n) is 3.04. The van der Waals surface area contributed by atoms with E-state index < -0.39 is 10.5 Å². The molecule has 0 saturated heterocycles. The molecule has 0 saturated carbocycles. The van der Waals surface area contributed by atoms with Crippen molar-refractivity contribution in [1.29, 1.82) is 0 Å². The number of carbonyl (C=O) groups excluding carboxylic acids is 1. The molecule has 0 bridgehead atoms. The van der Waals surface area contributed by atoms with Crippen LogP contribution in [0.2, 0.25) is 0 Å². The third-order valence-corrected chi connectivity index (χ3v) is 5.58. The molecule has 0 radical (unpaired) electrons. The van der Waals surface area contributed by atoms with Gasteiger partial charge >= 0.3 is 5.63 Å². The number of hydrogen-bond acceptors (Lipinski definition) is 7. The van der Waals surface area contributed by atoms with Crippen molar-refractivity contribution in [2.45, 2.75) is 5.75 Å². The number of thioether (sulfide) groups is 1. The lowest BCUT2D eigenvalue weighted by atomic mass is 10.2. The van der Waals surface area contributed by atoms with Crippen molar-refractivity contribution in [3.05, 3.63) is 98.9 Å². The van der Waals surface area contributed by atoms with Crippen molar-refractivity contribution in [2.24, 2.45) is 0 Å².